The monoisotopic (exact) mass is 100 g/mol. The Kier molecular flexibility index (Phi) is 2.57. The summed E-state index contributed by atoms with van der Waals surface area (Å²) in [7, 11) is 1.71. The van der Waals surface area contributed by atoms with E-state index in [1.165, 1.54) is 6.42 Å². The molecule has 0 heterocycles. The molecule has 42 valence electrons. The zero-order chi connectivity index (χ0) is 4.41. The highest BCUT2D eigenvalue weighted by Gasteiger charge is 2.01. The summed E-state index contributed by atoms with van der Waals surface area (Å²) >= 11 is 0. The molecule has 0 N–H and O–H groups in total. The first-order valence-corrected chi connectivity index (χ1v) is 2.16. The Bertz CT molecular complexity index is 82.5. The second-order valence-corrected chi connectivity index (χ2v) is 1.41. The normalized spacial score (nSPS) is 15.9. The van der Waals surface area contributed by atoms with Crippen molar-refractivity contribution in [3.63, 3.8) is 0 Å². The van der Waals surface area contributed by atoms with Gasteiger partial charge in [-0.25, -0.2) is 0 Å². The molecule has 0 amide bonds. The molecule has 0 aromatic rings. The highest BCUT2D eigenvalue weighted by Crippen LogP contribution is 2.16. The van der Waals surface area contributed by atoms with E-state index in [1.807, 2.05) is 0 Å². The predicted octanol–water partition coefficient (Wildman–Crippen LogP) is 0.373. The largest absolute Gasteiger partial charge is 0.501 e. The van der Waals surface area contributed by atoms with Crippen LogP contribution in [0.25, 0.3) is 0 Å². The van der Waals surface area contributed by atoms with Crippen molar-refractivity contribution in [3.8, 4) is 0 Å². The molecule has 0 unspecified atom stereocenters. The van der Waals surface area contributed by atoms with Crippen LogP contribution >= 0.6 is 0 Å². The Hall–Kier alpha value is -0.395. The first kappa shape index (κ1) is 6.60. The topological polar surface area (TPSA) is 9.23 Å². The molecular formula is C5H13BO. The van der Waals surface area contributed by atoms with Gasteiger partial charge in [-0.05, 0) is 12.5 Å². The number of rotatable bonds is 1. The molecule has 0 saturated carbocycles. The van der Waals surface area contributed by atoms with Crippen LogP contribution in [-0.4, -0.2) is 15.5 Å². The fraction of sp³-hybridized carbons (Fsp3) is 0.600. The number of allylic oxidation sites excluding steroid dienone is 2. The van der Waals surface area contributed by atoms with Crippen LogP contribution in [0.4, 0.5) is 0 Å². The van der Waals surface area contributed by atoms with Gasteiger partial charge in [0, 0.05) is 7.85 Å². The Balaban J connectivity index is 0. The van der Waals surface area contributed by atoms with E-state index in [2.05, 4.69) is 6.08 Å². The third kappa shape index (κ3) is 1.26. The van der Waals surface area contributed by atoms with Gasteiger partial charge < -0.3 is 4.74 Å². The summed E-state index contributed by atoms with van der Waals surface area (Å²) in [5.41, 5.74) is 0. The molecule has 0 atom stereocenters. The molecule has 0 bridgehead atoms. The smallest absolute Gasteiger partial charge is 0.0918 e. The lowest BCUT2D eigenvalue weighted by Gasteiger charge is -2.10. The molecule has 0 spiro atoms. The molecule has 0 aliphatic heterocycles. The van der Waals surface area contributed by atoms with Gasteiger partial charge in [0.25, 0.3) is 0 Å². The number of hydrogen-bond acceptors (Lipinski definition) is 1. The van der Waals surface area contributed by atoms with Gasteiger partial charge in [0.2, 0.25) is 0 Å². The van der Waals surface area contributed by atoms with E-state index in [1.54, 1.807) is 7.11 Å². The Morgan fingerprint density at radius 3 is 2.43 bits per heavy atom. The average Bonchev–Trinajstić information content (AvgIpc) is 1.31. The minimum atomic E-state index is 0. The van der Waals surface area contributed by atoms with Crippen molar-refractivity contribution >= 4 is 8.41 Å². The van der Waals surface area contributed by atoms with Gasteiger partial charge in [-0.1, -0.05) is 0 Å². The van der Waals surface area contributed by atoms with E-state index in [4.69, 9.17) is 4.74 Å². The van der Waals surface area contributed by atoms with Crippen molar-refractivity contribution in [3.05, 3.63) is 11.8 Å². The van der Waals surface area contributed by atoms with Crippen molar-refractivity contribution in [2.45, 2.75) is 12.8 Å². The fourth-order valence-corrected chi connectivity index (χ4v) is 0.448. The molecule has 1 aliphatic rings. The summed E-state index contributed by atoms with van der Waals surface area (Å²) in [6.07, 6.45) is 4.46. The maximum Gasteiger partial charge on any atom is 0.0918 e. The summed E-state index contributed by atoms with van der Waals surface area (Å²) in [5, 5.41) is 0. The average molecular weight is 100.0 g/mol. The standard InChI is InChI=1S/C5H8O.BH3.H2/c1-6-5-3-2-4-5;;/h3H,2,4H2,1H3;1H3;1H. The summed E-state index contributed by atoms with van der Waals surface area (Å²) in [6, 6.07) is 0. The Morgan fingerprint density at radius 1 is 1.86 bits per heavy atom. The van der Waals surface area contributed by atoms with Gasteiger partial charge in [0.15, 0.2) is 0 Å². The summed E-state index contributed by atoms with van der Waals surface area (Å²) in [4.78, 5) is 0. The molecule has 0 radical (unpaired) electrons. The second kappa shape index (κ2) is 2.72. The zero-order valence-corrected chi connectivity index (χ0v) is 3.90. The lowest BCUT2D eigenvalue weighted by atomic mass is 10.1. The fourth-order valence-electron chi connectivity index (χ4n) is 0.448. The number of methoxy groups -OCH3 is 1. The lowest BCUT2D eigenvalue weighted by molar-refractivity contribution is 0.260. The van der Waals surface area contributed by atoms with E-state index in [-0.39, 0.29) is 9.84 Å². The van der Waals surface area contributed by atoms with Crippen LogP contribution in [-0.2, 0) is 4.74 Å². The molecular weight excluding hydrogens is 86.9 g/mol. The van der Waals surface area contributed by atoms with E-state index in [9.17, 15) is 0 Å². The quantitative estimate of drug-likeness (QED) is 0.432. The van der Waals surface area contributed by atoms with E-state index >= 15 is 0 Å². The van der Waals surface area contributed by atoms with Gasteiger partial charge in [-0.3, -0.25) is 0 Å². The minimum Gasteiger partial charge on any atom is -0.501 e. The van der Waals surface area contributed by atoms with Crippen LogP contribution in [0.15, 0.2) is 11.8 Å². The maximum atomic E-state index is 4.85. The number of ether oxygens (including phenoxy) is 1. The van der Waals surface area contributed by atoms with Crippen LogP contribution in [0.3, 0.4) is 0 Å². The molecule has 0 aromatic heterocycles. The highest BCUT2D eigenvalue weighted by molar-refractivity contribution is 5.75. The highest BCUT2D eigenvalue weighted by atomic mass is 16.5. The van der Waals surface area contributed by atoms with Crippen LogP contribution in [0.1, 0.15) is 14.3 Å². The first-order valence-electron chi connectivity index (χ1n) is 2.16. The molecule has 0 saturated heterocycles. The van der Waals surface area contributed by atoms with Gasteiger partial charge >= 0.3 is 0 Å². The van der Waals surface area contributed by atoms with Crippen molar-refractivity contribution in [2.75, 3.05) is 7.11 Å². The SMILES string of the molecule is B.COC1=CCC1.[HH]. The van der Waals surface area contributed by atoms with Gasteiger partial charge in [-0.2, -0.15) is 0 Å². The predicted molar refractivity (Wildman–Crippen MR) is 36.4 cm³/mol. The molecule has 1 rings (SSSR count). The van der Waals surface area contributed by atoms with E-state index in [0.717, 1.165) is 12.2 Å². The molecule has 1 aliphatic carbocycles. The molecule has 0 aromatic carbocycles. The van der Waals surface area contributed by atoms with Crippen molar-refractivity contribution in [1.29, 1.82) is 0 Å². The van der Waals surface area contributed by atoms with E-state index in [0.29, 0.717) is 0 Å². The molecule has 7 heavy (non-hydrogen) atoms. The summed E-state index contributed by atoms with van der Waals surface area (Å²) in [6.45, 7) is 0. The van der Waals surface area contributed by atoms with Crippen molar-refractivity contribution in [2.24, 2.45) is 0 Å². The molecule has 1 nitrogen and oxygen atoms in total. The van der Waals surface area contributed by atoms with Crippen molar-refractivity contribution < 1.29 is 6.16 Å². The van der Waals surface area contributed by atoms with E-state index < -0.39 is 0 Å². The Labute approximate surface area is 47.4 Å². The van der Waals surface area contributed by atoms with Crippen LogP contribution in [0, 0.1) is 0 Å². The third-order valence-corrected chi connectivity index (χ3v) is 1.02. The Morgan fingerprint density at radius 2 is 2.43 bits per heavy atom. The van der Waals surface area contributed by atoms with Gasteiger partial charge in [0.1, 0.15) is 0 Å². The van der Waals surface area contributed by atoms with Crippen LogP contribution in [0.5, 0.6) is 0 Å². The molecule has 0 fully saturated rings. The van der Waals surface area contributed by atoms with Crippen LogP contribution < -0.4 is 0 Å². The first-order chi connectivity index (χ1) is 2.93. The third-order valence-electron chi connectivity index (χ3n) is 1.02. The lowest BCUT2D eigenvalue weighted by Crippen LogP contribution is -1.94. The van der Waals surface area contributed by atoms with Gasteiger partial charge in [-0.15, -0.1) is 0 Å². The number of hydrogen-bond donors (Lipinski definition) is 0. The summed E-state index contributed by atoms with van der Waals surface area (Å²) < 4.78 is 4.85. The minimum absolute atomic E-state index is 0. The molecule has 2 heteroatoms. The van der Waals surface area contributed by atoms with Gasteiger partial charge in [0.05, 0.1) is 21.3 Å². The van der Waals surface area contributed by atoms with Crippen LogP contribution in [0.2, 0.25) is 0 Å². The summed E-state index contributed by atoms with van der Waals surface area (Å²) in [5.74, 6) is 1.15. The maximum absolute atomic E-state index is 4.85. The van der Waals surface area contributed by atoms with Crippen molar-refractivity contribution in [1.82, 2.24) is 0 Å². The zero-order valence-electron chi connectivity index (χ0n) is 3.90. The second-order valence-electron chi connectivity index (χ2n) is 1.41.